The van der Waals surface area contributed by atoms with Crippen LogP contribution >= 0.6 is 11.8 Å². The number of piperidine rings is 1. The van der Waals surface area contributed by atoms with Gasteiger partial charge in [0, 0.05) is 20.1 Å². The van der Waals surface area contributed by atoms with Crippen molar-refractivity contribution in [3.05, 3.63) is 6.33 Å². The number of anilines is 2. The summed E-state index contributed by atoms with van der Waals surface area (Å²) in [6.07, 6.45) is 5.06. The average molecular weight is 307 g/mol. The SMILES string of the molecule is Cn1ncnc1Sc1nc(NN)nc(N2CCCCC2)n1. The summed E-state index contributed by atoms with van der Waals surface area (Å²) in [6.45, 7) is 1.92. The zero-order valence-corrected chi connectivity index (χ0v) is 12.5. The molecule has 3 N–H and O–H groups in total. The molecule has 3 heterocycles. The number of aryl methyl sites for hydroxylation is 1. The minimum Gasteiger partial charge on any atom is -0.341 e. The summed E-state index contributed by atoms with van der Waals surface area (Å²) in [6, 6.07) is 0. The van der Waals surface area contributed by atoms with Crippen molar-refractivity contribution in [2.45, 2.75) is 29.6 Å². The van der Waals surface area contributed by atoms with Gasteiger partial charge in [-0.1, -0.05) is 0 Å². The second-order valence-corrected chi connectivity index (χ2v) is 5.64. The molecule has 0 bridgehead atoms. The van der Waals surface area contributed by atoms with E-state index < -0.39 is 0 Å². The van der Waals surface area contributed by atoms with E-state index in [0.29, 0.717) is 22.2 Å². The number of hydrogen-bond donors (Lipinski definition) is 2. The van der Waals surface area contributed by atoms with Gasteiger partial charge in [0.1, 0.15) is 6.33 Å². The number of hydrogen-bond acceptors (Lipinski definition) is 9. The van der Waals surface area contributed by atoms with Crippen LogP contribution in [0.3, 0.4) is 0 Å². The third-order valence-corrected chi connectivity index (χ3v) is 4.14. The van der Waals surface area contributed by atoms with Crippen LogP contribution in [-0.4, -0.2) is 42.8 Å². The van der Waals surface area contributed by atoms with Crippen LogP contribution in [0.1, 0.15) is 19.3 Å². The van der Waals surface area contributed by atoms with Crippen molar-refractivity contribution in [1.29, 1.82) is 0 Å². The molecule has 1 saturated heterocycles. The highest BCUT2D eigenvalue weighted by Gasteiger charge is 2.17. The van der Waals surface area contributed by atoms with E-state index in [-0.39, 0.29) is 0 Å². The Balaban J connectivity index is 1.87. The quantitative estimate of drug-likeness (QED) is 0.613. The van der Waals surface area contributed by atoms with Gasteiger partial charge in [0.05, 0.1) is 0 Å². The lowest BCUT2D eigenvalue weighted by molar-refractivity contribution is 0.565. The molecule has 10 heteroatoms. The fourth-order valence-corrected chi connectivity index (χ4v) is 2.85. The van der Waals surface area contributed by atoms with Crippen LogP contribution < -0.4 is 16.2 Å². The molecule has 0 aliphatic carbocycles. The first-order valence-electron chi connectivity index (χ1n) is 6.76. The number of nitrogens with zero attached hydrogens (tertiary/aromatic N) is 7. The van der Waals surface area contributed by atoms with E-state index >= 15 is 0 Å². The van der Waals surface area contributed by atoms with Gasteiger partial charge in [-0.2, -0.15) is 20.1 Å². The van der Waals surface area contributed by atoms with E-state index in [0.717, 1.165) is 25.9 Å². The molecular weight excluding hydrogens is 290 g/mol. The van der Waals surface area contributed by atoms with Gasteiger partial charge in [-0.3, -0.25) is 5.43 Å². The van der Waals surface area contributed by atoms with Crippen LogP contribution in [-0.2, 0) is 7.05 Å². The Morgan fingerprint density at radius 1 is 1.19 bits per heavy atom. The van der Waals surface area contributed by atoms with Gasteiger partial charge in [-0.15, -0.1) is 0 Å². The van der Waals surface area contributed by atoms with E-state index in [4.69, 9.17) is 5.84 Å². The molecule has 1 fully saturated rings. The Morgan fingerprint density at radius 3 is 2.67 bits per heavy atom. The zero-order chi connectivity index (χ0) is 14.7. The first-order valence-corrected chi connectivity index (χ1v) is 7.57. The Hall–Kier alpha value is -1.94. The molecule has 3 rings (SSSR count). The van der Waals surface area contributed by atoms with E-state index in [1.165, 1.54) is 24.5 Å². The fraction of sp³-hybridized carbons (Fsp3) is 0.545. The molecular formula is C11H17N9S. The number of aromatic nitrogens is 6. The molecule has 9 nitrogen and oxygen atoms in total. The molecule has 2 aromatic rings. The molecule has 0 atom stereocenters. The second-order valence-electron chi connectivity index (χ2n) is 4.70. The van der Waals surface area contributed by atoms with Crippen molar-refractivity contribution in [2.24, 2.45) is 12.9 Å². The molecule has 21 heavy (non-hydrogen) atoms. The van der Waals surface area contributed by atoms with Crippen molar-refractivity contribution in [1.82, 2.24) is 29.7 Å². The van der Waals surface area contributed by atoms with Crippen molar-refractivity contribution < 1.29 is 0 Å². The Morgan fingerprint density at radius 2 is 2.00 bits per heavy atom. The van der Waals surface area contributed by atoms with Gasteiger partial charge in [-0.05, 0) is 31.0 Å². The van der Waals surface area contributed by atoms with E-state index in [1.54, 1.807) is 4.68 Å². The van der Waals surface area contributed by atoms with E-state index in [9.17, 15) is 0 Å². The number of nitrogen functional groups attached to an aromatic ring is 1. The number of rotatable bonds is 4. The van der Waals surface area contributed by atoms with Crippen LogP contribution in [0.25, 0.3) is 0 Å². The standard InChI is InChI=1S/C11H17N9S/c1-19-11(13-7-14-19)21-10-16-8(18-12)15-9(17-10)20-5-3-2-4-6-20/h7H,2-6,12H2,1H3,(H,15,16,17,18). The molecule has 0 unspecified atom stereocenters. The average Bonchev–Trinajstić information content (AvgIpc) is 2.93. The first kappa shape index (κ1) is 14.0. The minimum absolute atomic E-state index is 0.357. The summed E-state index contributed by atoms with van der Waals surface area (Å²) < 4.78 is 1.67. The Labute approximate surface area is 126 Å². The summed E-state index contributed by atoms with van der Waals surface area (Å²) in [5, 5.41) is 5.30. The third-order valence-electron chi connectivity index (χ3n) is 3.22. The molecule has 112 valence electrons. The molecule has 0 aromatic carbocycles. The van der Waals surface area contributed by atoms with Crippen molar-refractivity contribution in [3.63, 3.8) is 0 Å². The highest BCUT2D eigenvalue weighted by atomic mass is 32.2. The Bertz CT molecular complexity index is 607. The lowest BCUT2D eigenvalue weighted by atomic mass is 10.1. The highest BCUT2D eigenvalue weighted by molar-refractivity contribution is 7.99. The largest absolute Gasteiger partial charge is 0.341 e. The molecule has 0 amide bonds. The van der Waals surface area contributed by atoms with Crippen LogP contribution in [0.5, 0.6) is 0 Å². The van der Waals surface area contributed by atoms with Gasteiger partial charge in [0.15, 0.2) is 5.16 Å². The lowest BCUT2D eigenvalue weighted by Crippen LogP contribution is -2.31. The van der Waals surface area contributed by atoms with Gasteiger partial charge >= 0.3 is 0 Å². The molecule has 1 aliphatic rings. The van der Waals surface area contributed by atoms with Gasteiger partial charge in [0.25, 0.3) is 0 Å². The van der Waals surface area contributed by atoms with Crippen molar-refractivity contribution >= 4 is 23.7 Å². The normalized spacial score (nSPS) is 15.2. The molecule has 1 aliphatic heterocycles. The number of nitrogens with one attached hydrogen (secondary N) is 1. The number of nitrogens with two attached hydrogens (primary N) is 1. The van der Waals surface area contributed by atoms with Crippen LogP contribution in [0.4, 0.5) is 11.9 Å². The summed E-state index contributed by atoms with van der Waals surface area (Å²) in [7, 11) is 1.82. The summed E-state index contributed by atoms with van der Waals surface area (Å²) >= 11 is 1.33. The molecule has 2 aromatic heterocycles. The first-order chi connectivity index (χ1) is 10.3. The fourth-order valence-electron chi connectivity index (χ4n) is 2.15. The Kier molecular flexibility index (Phi) is 4.15. The van der Waals surface area contributed by atoms with Gasteiger partial charge in [-0.25, -0.2) is 15.5 Å². The van der Waals surface area contributed by atoms with E-state index in [1.807, 2.05) is 7.05 Å². The van der Waals surface area contributed by atoms with Crippen molar-refractivity contribution in [2.75, 3.05) is 23.4 Å². The molecule has 0 saturated carbocycles. The third kappa shape index (κ3) is 3.22. The van der Waals surface area contributed by atoms with Crippen LogP contribution in [0, 0.1) is 0 Å². The maximum Gasteiger partial charge on any atom is 0.242 e. The van der Waals surface area contributed by atoms with Crippen molar-refractivity contribution in [3.8, 4) is 0 Å². The molecule has 0 radical (unpaired) electrons. The minimum atomic E-state index is 0.357. The summed E-state index contributed by atoms with van der Waals surface area (Å²) in [4.78, 5) is 19.4. The topological polar surface area (TPSA) is 111 Å². The number of hydrazine groups is 1. The van der Waals surface area contributed by atoms with Gasteiger partial charge < -0.3 is 4.90 Å². The highest BCUT2D eigenvalue weighted by Crippen LogP contribution is 2.25. The van der Waals surface area contributed by atoms with Crippen LogP contribution in [0.2, 0.25) is 0 Å². The van der Waals surface area contributed by atoms with E-state index in [2.05, 4.69) is 35.4 Å². The maximum atomic E-state index is 5.46. The molecule has 0 spiro atoms. The smallest absolute Gasteiger partial charge is 0.242 e. The van der Waals surface area contributed by atoms with Crippen LogP contribution in [0.15, 0.2) is 16.6 Å². The predicted octanol–water partition coefficient (Wildman–Crippen LogP) is 0.427. The maximum absolute atomic E-state index is 5.46. The predicted molar refractivity (Wildman–Crippen MR) is 78.8 cm³/mol. The lowest BCUT2D eigenvalue weighted by Gasteiger charge is -2.26. The zero-order valence-electron chi connectivity index (χ0n) is 11.7. The summed E-state index contributed by atoms with van der Waals surface area (Å²) in [5.41, 5.74) is 2.50. The second kappa shape index (κ2) is 6.22. The monoisotopic (exact) mass is 307 g/mol. The summed E-state index contributed by atoms with van der Waals surface area (Å²) in [5.74, 6) is 6.47. The van der Waals surface area contributed by atoms with Gasteiger partial charge in [0.2, 0.25) is 17.1 Å².